The van der Waals surface area contributed by atoms with E-state index >= 15 is 0 Å². The molecule has 34 heavy (non-hydrogen) atoms. The van der Waals surface area contributed by atoms with Crippen molar-refractivity contribution in [2.75, 3.05) is 39.5 Å². The lowest BCUT2D eigenvalue weighted by Gasteiger charge is -2.40. The monoisotopic (exact) mass is 465 g/mol. The van der Waals surface area contributed by atoms with Gasteiger partial charge in [0.1, 0.15) is 31.7 Å². The number of hydrogen-bond acceptors (Lipinski definition) is 6. The number of fused-ring (bicyclic) bond motifs is 4. The third-order valence-electron chi connectivity index (χ3n) is 8.07. The molecule has 6 rings (SSSR count). The number of ether oxygens (including phenoxy) is 4. The highest BCUT2D eigenvalue weighted by atomic mass is 16.6. The van der Waals surface area contributed by atoms with Crippen LogP contribution in [0.4, 0.5) is 0 Å². The van der Waals surface area contributed by atoms with Crippen LogP contribution in [0.25, 0.3) is 0 Å². The Bertz CT molecular complexity index is 1010. The number of benzene rings is 2. The molecule has 0 bridgehead atoms. The highest BCUT2D eigenvalue weighted by Gasteiger charge is 2.44. The van der Waals surface area contributed by atoms with Crippen molar-refractivity contribution in [1.29, 1.82) is 0 Å². The second-order valence-electron chi connectivity index (χ2n) is 10.2. The summed E-state index contributed by atoms with van der Waals surface area (Å²) < 4.78 is 24.2. The van der Waals surface area contributed by atoms with Gasteiger partial charge in [-0.25, -0.2) is 0 Å². The Balaban J connectivity index is 1.04. The fourth-order valence-electron chi connectivity index (χ4n) is 6.27. The highest BCUT2D eigenvalue weighted by Crippen LogP contribution is 2.50. The van der Waals surface area contributed by atoms with Gasteiger partial charge in [-0.1, -0.05) is 37.1 Å². The first-order valence-electron chi connectivity index (χ1n) is 12.9. The molecule has 1 spiro atoms. The van der Waals surface area contributed by atoms with E-state index in [1.165, 1.54) is 36.8 Å². The molecule has 0 radical (unpaired) electrons. The largest absolute Gasteiger partial charge is 0.491 e. The molecule has 4 aliphatic rings. The van der Waals surface area contributed by atoms with E-state index in [2.05, 4.69) is 23.1 Å². The summed E-state index contributed by atoms with van der Waals surface area (Å²) in [5.74, 6) is 3.24. The molecular weight excluding hydrogens is 430 g/mol. The molecule has 1 atom stereocenters. The Labute approximate surface area is 201 Å². The zero-order valence-electron chi connectivity index (χ0n) is 19.8. The van der Waals surface area contributed by atoms with E-state index in [4.69, 9.17) is 18.9 Å². The highest BCUT2D eigenvalue weighted by molar-refractivity contribution is 5.54. The van der Waals surface area contributed by atoms with Gasteiger partial charge in [0.15, 0.2) is 11.5 Å². The normalized spacial score (nSPS) is 22.6. The molecule has 1 aliphatic carbocycles. The number of rotatable bonds is 6. The molecule has 0 amide bonds. The van der Waals surface area contributed by atoms with Gasteiger partial charge >= 0.3 is 0 Å². The lowest BCUT2D eigenvalue weighted by Crippen LogP contribution is -2.46. The maximum Gasteiger partial charge on any atom is 0.167 e. The van der Waals surface area contributed by atoms with Crippen LogP contribution in [0.3, 0.4) is 0 Å². The molecule has 3 aliphatic heterocycles. The minimum absolute atomic E-state index is 0.247. The molecule has 0 aromatic heterocycles. The Morgan fingerprint density at radius 1 is 1.03 bits per heavy atom. The third kappa shape index (κ3) is 4.16. The Morgan fingerprint density at radius 2 is 1.82 bits per heavy atom. The van der Waals surface area contributed by atoms with Crippen LogP contribution in [0.15, 0.2) is 36.4 Å². The Kier molecular flexibility index (Phi) is 6.14. The van der Waals surface area contributed by atoms with Crippen LogP contribution < -0.4 is 14.2 Å². The van der Waals surface area contributed by atoms with E-state index in [-0.39, 0.29) is 5.60 Å². The summed E-state index contributed by atoms with van der Waals surface area (Å²) in [5, 5.41) is 10.7. The molecule has 2 aromatic carbocycles. The minimum atomic E-state index is -0.514. The smallest absolute Gasteiger partial charge is 0.167 e. The second-order valence-corrected chi connectivity index (χ2v) is 10.2. The first-order valence-corrected chi connectivity index (χ1v) is 12.9. The summed E-state index contributed by atoms with van der Waals surface area (Å²) >= 11 is 0. The number of para-hydroxylation sites is 1. The lowest BCUT2D eigenvalue weighted by molar-refractivity contribution is -0.0837. The van der Waals surface area contributed by atoms with E-state index in [0.29, 0.717) is 38.9 Å². The molecule has 182 valence electrons. The number of aliphatic hydroxyl groups is 1. The summed E-state index contributed by atoms with van der Waals surface area (Å²) in [4.78, 5) is 2.33. The van der Waals surface area contributed by atoms with Crippen molar-refractivity contribution >= 4 is 0 Å². The van der Waals surface area contributed by atoms with Crippen LogP contribution in [-0.2, 0) is 16.9 Å². The first kappa shape index (κ1) is 22.2. The maximum absolute atomic E-state index is 10.7. The van der Waals surface area contributed by atoms with Crippen molar-refractivity contribution in [3.05, 3.63) is 53.1 Å². The Hall–Kier alpha value is -2.28. The van der Waals surface area contributed by atoms with Gasteiger partial charge in [-0.2, -0.15) is 0 Å². The quantitative estimate of drug-likeness (QED) is 0.683. The molecule has 0 unspecified atom stereocenters. The van der Waals surface area contributed by atoms with E-state index in [1.807, 2.05) is 18.2 Å². The molecule has 1 saturated carbocycles. The first-order chi connectivity index (χ1) is 16.7. The van der Waals surface area contributed by atoms with Crippen LogP contribution >= 0.6 is 0 Å². The average molecular weight is 466 g/mol. The fourth-order valence-corrected chi connectivity index (χ4v) is 6.27. The van der Waals surface area contributed by atoms with Crippen molar-refractivity contribution in [3.8, 4) is 17.2 Å². The molecule has 2 fully saturated rings. The minimum Gasteiger partial charge on any atom is -0.491 e. The predicted molar refractivity (Wildman–Crippen MR) is 129 cm³/mol. The number of likely N-dealkylation sites (tertiary alicyclic amines) is 1. The summed E-state index contributed by atoms with van der Waals surface area (Å²) in [5.41, 5.74) is 3.47. The zero-order chi connectivity index (χ0) is 23.0. The lowest BCUT2D eigenvalue weighted by atomic mass is 9.83. The third-order valence-corrected chi connectivity index (χ3v) is 8.07. The summed E-state index contributed by atoms with van der Waals surface area (Å²) in [6.45, 7) is 4.51. The van der Waals surface area contributed by atoms with Crippen molar-refractivity contribution < 1.29 is 24.1 Å². The van der Waals surface area contributed by atoms with Crippen molar-refractivity contribution in [2.45, 2.75) is 62.8 Å². The molecule has 6 heteroatoms. The van der Waals surface area contributed by atoms with Crippen LogP contribution in [0.1, 0.15) is 61.1 Å². The van der Waals surface area contributed by atoms with Gasteiger partial charge in [0.25, 0.3) is 0 Å². The summed E-state index contributed by atoms with van der Waals surface area (Å²) in [6.07, 6.45) is 6.40. The molecule has 1 N–H and O–H groups in total. The van der Waals surface area contributed by atoms with Crippen molar-refractivity contribution in [1.82, 2.24) is 4.90 Å². The van der Waals surface area contributed by atoms with Gasteiger partial charge in [0.05, 0.1) is 12.2 Å². The Morgan fingerprint density at radius 3 is 2.68 bits per heavy atom. The standard InChI is InChI=1S/C28H35NO5/c30-21(18-33-25-8-4-3-7-22(25)20-5-1-2-6-20)17-29-13-11-28(12-14-29)24-9-10-26-27(23(24)19-34-28)32-16-15-31-26/h3-4,7-10,20-21,30H,1-2,5-6,11-19H2/t21-/m0/s1. The number of nitrogens with zero attached hydrogens (tertiary/aromatic N) is 1. The van der Waals surface area contributed by atoms with Crippen LogP contribution in [-0.4, -0.2) is 55.6 Å². The number of aliphatic hydroxyl groups excluding tert-OH is 1. The second kappa shape index (κ2) is 9.40. The van der Waals surface area contributed by atoms with Gasteiger partial charge in [-0.15, -0.1) is 0 Å². The SMILES string of the molecule is O[C@H](COc1ccccc1C1CCCC1)CN1CCC2(CC1)OCc1c2ccc2c1OCCO2. The fraction of sp³-hybridized carbons (Fsp3) is 0.571. The van der Waals surface area contributed by atoms with Gasteiger partial charge in [0.2, 0.25) is 0 Å². The van der Waals surface area contributed by atoms with Crippen molar-refractivity contribution in [2.24, 2.45) is 0 Å². The zero-order valence-corrected chi connectivity index (χ0v) is 19.8. The van der Waals surface area contributed by atoms with Crippen LogP contribution in [0.5, 0.6) is 17.2 Å². The predicted octanol–water partition coefficient (Wildman–Crippen LogP) is 4.38. The van der Waals surface area contributed by atoms with Crippen LogP contribution in [0, 0.1) is 0 Å². The topological polar surface area (TPSA) is 60.4 Å². The average Bonchev–Trinajstić information content (AvgIpc) is 3.54. The van der Waals surface area contributed by atoms with Crippen LogP contribution in [0.2, 0.25) is 0 Å². The molecule has 2 aromatic rings. The van der Waals surface area contributed by atoms with Gasteiger partial charge in [-0.3, -0.25) is 0 Å². The van der Waals surface area contributed by atoms with E-state index < -0.39 is 6.10 Å². The van der Waals surface area contributed by atoms with Crippen molar-refractivity contribution in [3.63, 3.8) is 0 Å². The number of hydrogen-bond donors (Lipinski definition) is 1. The summed E-state index contributed by atoms with van der Waals surface area (Å²) in [7, 11) is 0. The van der Waals surface area contributed by atoms with Gasteiger partial charge < -0.3 is 29.0 Å². The van der Waals surface area contributed by atoms with E-state index in [0.717, 1.165) is 48.7 Å². The summed E-state index contributed by atoms with van der Waals surface area (Å²) in [6, 6.07) is 12.6. The maximum atomic E-state index is 10.7. The number of β-amino-alcohol motifs (C(OH)–C–C–N with tert-alkyl or cyclic N) is 1. The molecule has 3 heterocycles. The molecule has 6 nitrogen and oxygen atoms in total. The number of piperidine rings is 1. The van der Waals surface area contributed by atoms with Gasteiger partial charge in [-0.05, 0) is 54.9 Å². The molecule has 1 saturated heterocycles. The molecular formula is C28H35NO5. The van der Waals surface area contributed by atoms with Gasteiger partial charge in [0, 0.05) is 25.2 Å². The van der Waals surface area contributed by atoms with E-state index in [1.54, 1.807) is 0 Å². The van der Waals surface area contributed by atoms with E-state index in [9.17, 15) is 5.11 Å².